The molecule has 5 aliphatic rings. The molecule has 8 atom stereocenters. The third kappa shape index (κ3) is 3.66. The van der Waals surface area contributed by atoms with Crippen LogP contribution in [0.1, 0.15) is 25.3 Å². The van der Waals surface area contributed by atoms with E-state index in [1.807, 2.05) is 6.08 Å². The van der Waals surface area contributed by atoms with Crippen molar-refractivity contribution in [1.29, 1.82) is 5.26 Å². The Bertz CT molecular complexity index is 1360. The van der Waals surface area contributed by atoms with Gasteiger partial charge >= 0.3 is 12.1 Å². The fourth-order valence-corrected chi connectivity index (χ4v) is 7.51. The number of benzene rings is 1. The molecule has 9 nitrogen and oxygen atoms in total. The van der Waals surface area contributed by atoms with Crippen molar-refractivity contribution < 1.29 is 32.3 Å². The molecule has 1 aromatic rings. The average Bonchev–Trinajstić information content (AvgIpc) is 3.70. The van der Waals surface area contributed by atoms with Gasteiger partial charge in [-0.15, -0.1) is 0 Å². The number of likely N-dealkylation sites (tertiary alicyclic amines) is 2. The number of halogens is 3. The molecular formula is C27H26F3N5O4. The molecule has 39 heavy (non-hydrogen) atoms. The smallest absolute Gasteiger partial charge is 0.337 e. The molecular weight excluding hydrogens is 515 g/mol. The van der Waals surface area contributed by atoms with Gasteiger partial charge in [-0.3, -0.25) is 19.2 Å². The van der Waals surface area contributed by atoms with Crippen LogP contribution < -0.4 is 10.6 Å². The van der Waals surface area contributed by atoms with E-state index >= 15 is 0 Å². The summed E-state index contributed by atoms with van der Waals surface area (Å²) in [6, 6.07) is 5.81. The van der Waals surface area contributed by atoms with Gasteiger partial charge in [0.2, 0.25) is 17.7 Å². The number of amides is 4. The zero-order valence-corrected chi connectivity index (χ0v) is 20.9. The van der Waals surface area contributed by atoms with Crippen molar-refractivity contribution in [2.75, 3.05) is 18.4 Å². The molecule has 4 amide bonds. The Kier molecular flexibility index (Phi) is 5.58. The fraction of sp³-hybridized carbons (Fsp3) is 0.519. The van der Waals surface area contributed by atoms with Crippen molar-refractivity contribution in [3.8, 4) is 6.07 Å². The van der Waals surface area contributed by atoms with Gasteiger partial charge in [-0.1, -0.05) is 30.4 Å². The molecule has 1 spiro atoms. The van der Waals surface area contributed by atoms with Gasteiger partial charge < -0.3 is 20.4 Å². The van der Waals surface area contributed by atoms with Gasteiger partial charge in [-0.05, 0) is 48.6 Å². The molecule has 2 N–H and O–H groups in total. The number of nitrogens with one attached hydrogen (secondary N) is 2. The molecule has 3 fully saturated rings. The minimum Gasteiger partial charge on any atom is -0.337 e. The van der Waals surface area contributed by atoms with Crippen LogP contribution >= 0.6 is 0 Å². The van der Waals surface area contributed by atoms with Crippen LogP contribution in [0.4, 0.5) is 18.9 Å². The van der Waals surface area contributed by atoms with Crippen molar-refractivity contribution in [2.45, 2.75) is 49.5 Å². The van der Waals surface area contributed by atoms with Crippen molar-refractivity contribution in [1.82, 2.24) is 15.1 Å². The predicted octanol–water partition coefficient (Wildman–Crippen LogP) is 1.72. The van der Waals surface area contributed by atoms with Gasteiger partial charge in [-0.25, -0.2) is 0 Å². The lowest BCUT2D eigenvalue weighted by molar-refractivity contribution is -0.175. The van der Waals surface area contributed by atoms with Gasteiger partial charge in [0.05, 0.1) is 11.5 Å². The number of carbonyl (C=O) groups is 4. The molecule has 204 valence electrons. The predicted molar refractivity (Wildman–Crippen MR) is 129 cm³/mol. The van der Waals surface area contributed by atoms with Crippen molar-refractivity contribution in [2.24, 2.45) is 23.7 Å². The molecule has 1 aromatic carbocycles. The summed E-state index contributed by atoms with van der Waals surface area (Å²) in [5, 5.41) is 14.6. The first-order valence-electron chi connectivity index (χ1n) is 12.9. The van der Waals surface area contributed by atoms with E-state index in [0.717, 1.165) is 13.3 Å². The largest absolute Gasteiger partial charge is 0.471 e. The number of para-hydroxylation sites is 1. The lowest BCUT2D eigenvalue weighted by Gasteiger charge is -2.34. The van der Waals surface area contributed by atoms with E-state index in [2.05, 4.69) is 17.5 Å². The molecule has 3 heterocycles. The second kappa shape index (κ2) is 8.56. The van der Waals surface area contributed by atoms with Crippen LogP contribution in [0.5, 0.6) is 0 Å². The second-order valence-corrected chi connectivity index (χ2v) is 11.2. The number of hydrogen-bond acceptors (Lipinski definition) is 5. The summed E-state index contributed by atoms with van der Waals surface area (Å²) in [4.78, 5) is 55.1. The number of alkyl halides is 3. The number of anilines is 1. The van der Waals surface area contributed by atoms with Crippen LogP contribution in [0, 0.1) is 35.0 Å². The van der Waals surface area contributed by atoms with Gasteiger partial charge in [0.25, 0.3) is 0 Å². The highest BCUT2D eigenvalue weighted by Gasteiger charge is 2.62. The van der Waals surface area contributed by atoms with Gasteiger partial charge in [-0.2, -0.15) is 18.4 Å². The highest BCUT2D eigenvalue weighted by molar-refractivity contribution is 6.07. The van der Waals surface area contributed by atoms with Crippen LogP contribution in [-0.4, -0.2) is 70.8 Å². The highest BCUT2D eigenvalue weighted by atomic mass is 19.4. The van der Waals surface area contributed by atoms with E-state index < -0.39 is 47.4 Å². The van der Waals surface area contributed by atoms with Crippen LogP contribution in [0.15, 0.2) is 36.4 Å². The number of rotatable bonds is 3. The number of allylic oxidation sites excluding steroid dienone is 2. The summed E-state index contributed by atoms with van der Waals surface area (Å²) in [6.45, 7) is 1.28. The molecule has 6 rings (SSSR count). The normalized spacial score (nSPS) is 34.6. The maximum absolute atomic E-state index is 14.3. The molecule has 2 saturated heterocycles. The molecule has 2 bridgehead atoms. The minimum absolute atomic E-state index is 0.0134. The van der Waals surface area contributed by atoms with E-state index in [-0.39, 0.29) is 49.1 Å². The zero-order chi connectivity index (χ0) is 27.9. The third-order valence-corrected chi connectivity index (χ3v) is 9.22. The van der Waals surface area contributed by atoms with E-state index in [9.17, 15) is 37.6 Å². The summed E-state index contributed by atoms with van der Waals surface area (Å²) in [5.74, 6) is -3.99. The van der Waals surface area contributed by atoms with Gasteiger partial charge in [0.1, 0.15) is 18.1 Å². The maximum Gasteiger partial charge on any atom is 0.471 e. The number of nitrogens with zero attached hydrogens (tertiary/aromatic N) is 3. The van der Waals surface area contributed by atoms with Crippen molar-refractivity contribution in [3.05, 3.63) is 42.0 Å². The Labute approximate surface area is 222 Å². The monoisotopic (exact) mass is 541 g/mol. The number of hydrogen-bond donors (Lipinski definition) is 2. The minimum atomic E-state index is -5.16. The highest BCUT2D eigenvalue weighted by Crippen LogP contribution is 2.55. The first kappa shape index (κ1) is 25.4. The SMILES string of the molecule is C[C@H](NC(=O)C(F)(F)F)C(=O)N1C[C@H]2[C@@H]([C@H]1C(=O)N1C[C@]3(C[C@H]1C#N)C(=O)Nc1ccccc13)[C@H]1C=C[C@@H]2C1. The van der Waals surface area contributed by atoms with E-state index in [1.54, 1.807) is 29.6 Å². The lowest BCUT2D eigenvalue weighted by atomic mass is 9.79. The fourth-order valence-electron chi connectivity index (χ4n) is 7.51. The van der Waals surface area contributed by atoms with E-state index in [4.69, 9.17) is 0 Å². The molecule has 2 aliphatic carbocycles. The van der Waals surface area contributed by atoms with Crippen LogP contribution in [0.2, 0.25) is 0 Å². The zero-order valence-electron chi connectivity index (χ0n) is 20.9. The molecule has 0 radical (unpaired) electrons. The van der Waals surface area contributed by atoms with E-state index in [1.165, 1.54) is 9.80 Å². The second-order valence-electron chi connectivity index (χ2n) is 11.2. The van der Waals surface area contributed by atoms with Crippen LogP contribution in [0.25, 0.3) is 0 Å². The molecule has 1 saturated carbocycles. The standard InChI is InChI=1S/C27H26F3N5O4/c1-13(32-25(39)27(28,29)30)22(36)34-11-17-14-6-7-15(8-14)20(17)21(34)23(37)35-12-26(9-16(35)10-31)18-4-2-3-5-19(18)33-24(26)38/h2-7,13-17,20-21H,8-9,11-12H2,1H3,(H,32,39)(H,33,38)/t13-,14+,15-,16-,17+,20-,21-,26-/m0/s1. The van der Waals surface area contributed by atoms with Crippen molar-refractivity contribution >= 4 is 29.3 Å². The van der Waals surface area contributed by atoms with Gasteiger partial charge in [0.15, 0.2) is 0 Å². The van der Waals surface area contributed by atoms with Crippen LogP contribution in [-0.2, 0) is 24.6 Å². The number of fused-ring (bicyclic) bond motifs is 7. The first-order chi connectivity index (χ1) is 18.5. The van der Waals surface area contributed by atoms with E-state index in [0.29, 0.717) is 11.3 Å². The number of carbonyl (C=O) groups excluding carboxylic acids is 4. The molecule has 3 aliphatic heterocycles. The molecule has 0 aromatic heterocycles. The third-order valence-electron chi connectivity index (χ3n) is 9.22. The Morgan fingerprint density at radius 1 is 1.18 bits per heavy atom. The summed E-state index contributed by atoms with van der Waals surface area (Å²) < 4.78 is 38.6. The lowest BCUT2D eigenvalue weighted by Crippen LogP contribution is -2.57. The van der Waals surface area contributed by atoms with Crippen molar-refractivity contribution in [3.63, 3.8) is 0 Å². The Balaban J connectivity index is 1.32. The Morgan fingerprint density at radius 2 is 1.90 bits per heavy atom. The van der Waals surface area contributed by atoms with Gasteiger partial charge in [0, 0.05) is 25.2 Å². The number of nitriles is 1. The summed E-state index contributed by atoms with van der Waals surface area (Å²) >= 11 is 0. The summed E-state index contributed by atoms with van der Waals surface area (Å²) in [5.41, 5.74) is 0.218. The Hall–Kier alpha value is -3.88. The van der Waals surface area contributed by atoms with Crippen LogP contribution in [0.3, 0.4) is 0 Å². The molecule has 0 unspecified atom stereocenters. The summed E-state index contributed by atoms with van der Waals surface area (Å²) in [7, 11) is 0. The quantitative estimate of drug-likeness (QED) is 0.565. The first-order valence-corrected chi connectivity index (χ1v) is 12.9. The Morgan fingerprint density at radius 3 is 2.62 bits per heavy atom. The molecule has 12 heteroatoms. The topological polar surface area (TPSA) is 123 Å². The average molecular weight is 542 g/mol. The summed E-state index contributed by atoms with van der Waals surface area (Å²) in [6.07, 6.45) is -0.169. The maximum atomic E-state index is 14.3.